The van der Waals surface area contributed by atoms with Crippen LogP contribution in [0.15, 0.2) is 40.8 Å². The Kier molecular flexibility index (Phi) is 1.83. The second-order valence-electron chi connectivity index (χ2n) is 3.63. The Morgan fingerprint density at radius 1 is 1.31 bits per heavy atom. The Balaban J connectivity index is 2.46. The van der Waals surface area contributed by atoms with Gasteiger partial charge in [0.05, 0.1) is 5.70 Å². The minimum Gasteiger partial charge on any atom is -0.506 e. The molecule has 1 aliphatic carbocycles. The average molecular weight is 175 g/mol. The first-order valence-corrected chi connectivity index (χ1v) is 4.53. The third-order valence-corrected chi connectivity index (χ3v) is 2.54. The number of aliphatic hydroxyl groups is 1. The maximum Gasteiger partial charge on any atom is 0.137 e. The van der Waals surface area contributed by atoms with Gasteiger partial charge >= 0.3 is 0 Å². The van der Waals surface area contributed by atoms with Crippen LogP contribution in [0.3, 0.4) is 0 Å². The molecule has 2 atom stereocenters. The Hall–Kier alpha value is -1.31. The van der Waals surface area contributed by atoms with Crippen LogP contribution in [-0.2, 0) is 0 Å². The van der Waals surface area contributed by atoms with Gasteiger partial charge in [0, 0.05) is 11.6 Å². The third kappa shape index (κ3) is 1.32. The van der Waals surface area contributed by atoms with Crippen LogP contribution in [0.2, 0.25) is 0 Å². The molecule has 0 amide bonds. The first kappa shape index (κ1) is 8.30. The molecule has 0 saturated heterocycles. The average Bonchev–Trinajstić information content (AvgIpc) is 2.12. The van der Waals surface area contributed by atoms with E-state index in [4.69, 9.17) is 0 Å². The highest BCUT2D eigenvalue weighted by Gasteiger charge is 2.25. The number of allylic oxidation sites excluding steroid dienone is 4. The molecule has 0 saturated carbocycles. The molecule has 2 rings (SSSR count). The predicted octanol–water partition coefficient (Wildman–Crippen LogP) is 2.61. The molecular formula is C11H13NO. The van der Waals surface area contributed by atoms with Gasteiger partial charge in [-0.1, -0.05) is 19.1 Å². The first-order valence-electron chi connectivity index (χ1n) is 4.53. The van der Waals surface area contributed by atoms with Crippen LogP contribution in [0.25, 0.3) is 0 Å². The molecule has 0 bridgehead atoms. The van der Waals surface area contributed by atoms with E-state index in [9.17, 15) is 5.11 Å². The molecule has 0 spiro atoms. The zero-order valence-electron chi connectivity index (χ0n) is 7.86. The summed E-state index contributed by atoms with van der Waals surface area (Å²) < 4.78 is 0. The molecule has 68 valence electrons. The lowest BCUT2D eigenvalue weighted by Crippen LogP contribution is -2.17. The molecule has 2 nitrogen and oxygen atoms in total. The van der Waals surface area contributed by atoms with Crippen molar-refractivity contribution in [3.63, 3.8) is 0 Å². The molecule has 1 N–H and O–H groups in total. The number of fused-ring (bicyclic) bond motifs is 1. The highest BCUT2D eigenvalue weighted by atomic mass is 16.3. The zero-order valence-corrected chi connectivity index (χ0v) is 7.86. The van der Waals surface area contributed by atoms with E-state index in [1.165, 1.54) is 0 Å². The number of hydrogen-bond donors (Lipinski definition) is 1. The molecule has 0 aromatic rings. The van der Waals surface area contributed by atoms with Gasteiger partial charge in [-0.25, -0.2) is 0 Å². The van der Waals surface area contributed by atoms with Gasteiger partial charge < -0.3 is 5.11 Å². The van der Waals surface area contributed by atoms with Crippen molar-refractivity contribution in [2.45, 2.75) is 13.8 Å². The molecule has 1 heterocycles. The number of dihydropyridines is 1. The fourth-order valence-corrected chi connectivity index (χ4v) is 1.74. The highest BCUT2D eigenvalue weighted by molar-refractivity contribution is 5.94. The zero-order chi connectivity index (χ0) is 9.42. The number of rotatable bonds is 0. The van der Waals surface area contributed by atoms with E-state index in [-0.39, 0.29) is 5.92 Å². The molecule has 13 heavy (non-hydrogen) atoms. The van der Waals surface area contributed by atoms with E-state index >= 15 is 0 Å². The summed E-state index contributed by atoms with van der Waals surface area (Å²) in [4.78, 5) is 4.34. The Morgan fingerprint density at radius 3 is 2.85 bits per heavy atom. The number of nitrogens with zero attached hydrogens (tertiary/aromatic N) is 1. The van der Waals surface area contributed by atoms with E-state index in [1.807, 2.05) is 19.1 Å². The normalized spacial score (nSPS) is 31.7. The Bertz CT molecular complexity index is 347. The van der Waals surface area contributed by atoms with Gasteiger partial charge in [-0.05, 0) is 25.0 Å². The minimum absolute atomic E-state index is 0.258. The van der Waals surface area contributed by atoms with Gasteiger partial charge in [0.15, 0.2) is 0 Å². The number of aliphatic hydroxyl groups excluding tert-OH is 1. The van der Waals surface area contributed by atoms with Crippen molar-refractivity contribution in [1.82, 2.24) is 0 Å². The molecule has 0 aromatic heterocycles. The fourth-order valence-electron chi connectivity index (χ4n) is 1.74. The molecule has 2 unspecified atom stereocenters. The number of aliphatic imine (C=N–C) groups is 1. The summed E-state index contributed by atoms with van der Waals surface area (Å²) in [7, 11) is 0. The second kappa shape index (κ2) is 2.87. The molecule has 1 aliphatic heterocycles. The summed E-state index contributed by atoms with van der Waals surface area (Å²) >= 11 is 0. The van der Waals surface area contributed by atoms with Crippen LogP contribution in [0.4, 0.5) is 0 Å². The summed E-state index contributed by atoms with van der Waals surface area (Å²) in [5, 5.41) is 9.59. The topological polar surface area (TPSA) is 32.6 Å². The fraction of sp³-hybridized carbons (Fsp3) is 0.364. The number of hydrogen-bond acceptors (Lipinski definition) is 2. The summed E-state index contributed by atoms with van der Waals surface area (Å²) in [6, 6.07) is 0. The van der Waals surface area contributed by atoms with Gasteiger partial charge in [0.2, 0.25) is 0 Å². The van der Waals surface area contributed by atoms with Crippen molar-refractivity contribution >= 4 is 5.71 Å². The molecule has 2 aliphatic rings. The maximum absolute atomic E-state index is 9.59. The van der Waals surface area contributed by atoms with Gasteiger partial charge in [-0.3, -0.25) is 4.99 Å². The van der Waals surface area contributed by atoms with Gasteiger partial charge in [-0.2, -0.15) is 0 Å². The molecule has 2 heteroatoms. The lowest BCUT2D eigenvalue weighted by Gasteiger charge is -2.25. The Morgan fingerprint density at radius 2 is 2.08 bits per heavy atom. The Labute approximate surface area is 78.0 Å². The third-order valence-electron chi connectivity index (χ3n) is 2.54. The lowest BCUT2D eigenvalue weighted by atomic mass is 9.85. The standard InChI is InChI=1S/C11H13NO/c1-7-3-6-10(13)11-9(7)5-4-8(2)12-11/h3-7,9,13H,1-2H3. The SMILES string of the molecule is CC1=NC2=C(O)C=CC(C)C2C=C1. The summed E-state index contributed by atoms with van der Waals surface area (Å²) in [5.74, 6) is 1.000. The monoisotopic (exact) mass is 175 g/mol. The van der Waals surface area contributed by atoms with Crippen molar-refractivity contribution in [2.75, 3.05) is 0 Å². The minimum atomic E-state index is 0.258. The first-order chi connectivity index (χ1) is 6.18. The van der Waals surface area contributed by atoms with Crippen molar-refractivity contribution in [1.29, 1.82) is 0 Å². The van der Waals surface area contributed by atoms with Crippen molar-refractivity contribution < 1.29 is 5.11 Å². The molecular weight excluding hydrogens is 162 g/mol. The summed E-state index contributed by atoms with van der Waals surface area (Å²) in [5.41, 5.74) is 1.77. The van der Waals surface area contributed by atoms with Crippen molar-refractivity contribution in [3.8, 4) is 0 Å². The van der Waals surface area contributed by atoms with Gasteiger partial charge in [0.25, 0.3) is 0 Å². The lowest BCUT2D eigenvalue weighted by molar-refractivity contribution is 0.398. The summed E-state index contributed by atoms with van der Waals surface area (Å²) in [6.45, 7) is 4.07. The maximum atomic E-state index is 9.59. The van der Waals surface area contributed by atoms with Crippen LogP contribution in [0.5, 0.6) is 0 Å². The highest BCUT2D eigenvalue weighted by Crippen LogP contribution is 2.33. The predicted molar refractivity (Wildman–Crippen MR) is 53.7 cm³/mol. The van der Waals surface area contributed by atoms with Crippen LogP contribution < -0.4 is 0 Å². The van der Waals surface area contributed by atoms with Gasteiger partial charge in [0.1, 0.15) is 5.76 Å². The van der Waals surface area contributed by atoms with Gasteiger partial charge in [-0.15, -0.1) is 0 Å². The second-order valence-corrected chi connectivity index (χ2v) is 3.63. The molecule has 0 fully saturated rings. The van der Waals surface area contributed by atoms with Crippen molar-refractivity contribution in [3.05, 3.63) is 35.8 Å². The largest absolute Gasteiger partial charge is 0.506 e. The van der Waals surface area contributed by atoms with E-state index in [2.05, 4.69) is 18.0 Å². The van der Waals surface area contributed by atoms with E-state index in [1.54, 1.807) is 6.08 Å². The van der Waals surface area contributed by atoms with Crippen LogP contribution in [0.1, 0.15) is 13.8 Å². The molecule has 0 aromatic carbocycles. The quantitative estimate of drug-likeness (QED) is 0.603. The van der Waals surface area contributed by atoms with Crippen LogP contribution in [0, 0.1) is 11.8 Å². The van der Waals surface area contributed by atoms with E-state index in [0.717, 1.165) is 11.4 Å². The summed E-state index contributed by atoms with van der Waals surface area (Å²) in [6.07, 6.45) is 7.88. The van der Waals surface area contributed by atoms with E-state index < -0.39 is 0 Å². The van der Waals surface area contributed by atoms with Crippen molar-refractivity contribution in [2.24, 2.45) is 16.8 Å². The smallest absolute Gasteiger partial charge is 0.137 e. The molecule has 0 radical (unpaired) electrons. The van der Waals surface area contributed by atoms with Crippen LogP contribution >= 0.6 is 0 Å². The van der Waals surface area contributed by atoms with Crippen LogP contribution in [-0.4, -0.2) is 10.8 Å². The van der Waals surface area contributed by atoms with E-state index in [0.29, 0.717) is 11.7 Å².